The zero-order valence-electron chi connectivity index (χ0n) is 19.6. The van der Waals surface area contributed by atoms with Crippen molar-refractivity contribution in [2.45, 2.75) is 79.1 Å². The van der Waals surface area contributed by atoms with Gasteiger partial charge in [0.15, 0.2) is 0 Å². The van der Waals surface area contributed by atoms with Crippen molar-refractivity contribution in [1.29, 1.82) is 0 Å². The Morgan fingerprint density at radius 2 is 0.613 bits per heavy atom. The smallest absolute Gasteiger partial charge is 0.122 e. The van der Waals surface area contributed by atoms with E-state index >= 15 is 0 Å². The van der Waals surface area contributed by atoms with Gasteiger partial charge in [0.2, 0.25) is 0 Å². The Balaban J connectivity index is -0.000000125. The molecular weight excluding hydrogens is 646 g/mol. The van der Waals surface area contributed by atoms with Crippen LogP contribution >= 0.6 is 0 Å². The number of hydrogen-bond acceptors (Lipinski definition) is 2. The Morgan fingerprint density at radius 3 is 0.742 bits per heavy atom. The minimum Gasteiger partial charge on any atom is -1.00 e. The van der Waals surface area contributed by atoms with Crippen molar-refractivity contribution >= 4 is 0 Å². The van der Waals surface area contributed by atoms with Gasteiger partial charge in [-0.05, 0) is 45.9 Å². The standard InChI is InChI=1S/2C12H18O.4ClH.W/c2*1-8(2)10-6-5-7-11(9(3)4)12(10)13;;;;;/h2*5-9,13H,1-4H3;4*1H;/p-4. The van der Waals surface area contributed by atoms with Gasteiger partial charge in [0.1, 0.15) is 11.5 Å². The number of para-hydroxylation sites is 2. The maximum Gasteiger partial charge on any atom is 0.122 e. The molecule has 0 aliphatic heterocycles. The summed E-state index contributed by atoms with van der Waals surface area (Å²) in [5, 5.41) is 19.9. The van der Waals surface area contributed by atoms with E-state index in [1.165, 1.54) is 0 Å². The Kier molecular flexibility index (Phi) is 25.7. The number of aromatic hydroxyl groups is 2. The molecule has 2 rings (SSSR count). The van der Waals surface area contributed by atoms with Crippen LogP contribution in [0.3, 0.4) is 0 Å². The molecule has 0 fully saturated rings. The van der Waals surface area contributed by atoms with Gasteiger partial charge in [-0.3, -0.25) is 0 Å². The molecule has 0 bridgehead atoms. The maximum atomic E-state index is 9.93. The third-order valence-electron chi connectivity index (χ3n) is 4.68. The van der Waals surface area contributed by atoms with Gasteiger partial charge in [0.05, 0.1) is 0 Å². The normalized spacial score (nSPS) is 9.42. The molecule has 2 aromatic rings. The first-order chi connectivity index (χ1) is 12.1. The number of phenolic OH excluding ortho intramolecular Hbond substituents is 2. The number of hydrogen-bond donors (Lipinski definition) is 2. The fourth-order valence-electron chi connectivity index (χ4n) is 3.02. The molecule has 2 aromatic carbocycles. The molecule has 2 N–H and O–H groups in total. The van der Waals surface area contributed by atoms with Crippen LogP contribution < -0.4 is 49.6 Å². The topological polar surface area (TPSA) is 40.5 Å². The molecule has 0 aliphatic carbocycles. The third-order valence-corrected chi connectivity index (χ3v) is 4.68. The zero-order valence-corrected chi connectivity index (χ0v) is 25.5. The molecule has 0 amide bonds. The Bertz CT molecular complexity index is 607. The molecule has 0 saturated heterocycles. The molecule has 0 saturated carbocycles. The minimum atomic E-state index is 0. The zero-order chi connectivity index (χ0) is 20.0. The first-order valence-electron chi connectivity index (χ1n) is 9.71. The van der Waals surface area contributed by atoms with E-state index in [4.69, 9.17) is 0 Å². The van der Waals surface area contributed by atoms with E-state index in [0.29, 0.717) is 35.2 Å². The van der Waals surface area contributed by atoms with Crippen LogP contribution in [-0.4, -0.2) is 10.2 Å². The van der Waals surface area contributed by atoms with Crippen molar-refractivity contribution in [2.24, 2.45) is 0 Å². The Morgan fingerprint density at radius 1 is 0.452 bits per heavy atom. The summed E-state index contributed by atoms with van der Waals surface area (Å²) < 4.78 is 0. The van der Waals surface area contributed by atoms with Gasteiger partial charge in [0.25, 0.3) is 0 Å². The summed E-state index contributed by atoms with van der Waals surface area (Å²) in [6.07, 6.45) is 0. The first-order valence-corrected chi connectivity index (χ1v) is 9.71. The van der Waals surface area contributed by atoms with Crippen LogP contribution in [0.4, 0.5) is 0 Å². The average Bonchev–Trinajstić information content (AvgIpc) is 2.54. The molecule has 0 aromatic heterocycles. The Hall–Kier alpha value is -0.112. The van der Waals surface area contributed by atoms with Crippen molar-refractivity contribution in [1.82, 2.24) is 0 Å². The van der Waals surface area contributed by atoms with Crippen LogP contribution in [0.25, 0.3) is 0 Å². The van der Waals surface area contributed by atoms with E-state index in [9.17, 15) is 10.2 Å². The van der Waals surface area contributed by atoms with Crippen molar-refractivity contribution in [3.63, 3.8) is 0 Å². The van der Waals surface area contributed by atoms with Crippen LogP contribution in [0.15, 0.2) is 36.4 Å². The molecule has 31 heavy (non-hydrogen) atoms. The predicted molar refractivity (Wildman–Crippen MR) is 113 cm³/mol. The van der Waals surface area contributed by atoms with Crippen molar-refractivity contribution in [3.05, 3.63) is 58.7 Å². The largest absolute Gasteiger partial charge is 1.00 e. The summed E-state index contributed by atoms with van der Waals surface area (Å²) in [5.41, 5.74) is 4.19. The summed E-state index contributed by atoms with van der Waals surface area (Å²) in [5.74, 6) is 2.51. The second-order valence-corrected chi connectivity index (χ2v) is 8.19. The Labute approximate surface area is 228 Å². The van der Waals surface area contributed by atoms with Gasteiger partial charge in [-0.1, -0.05) is 91.8 Å². The number of benzene rings is 2. The first kappa shape index (κ1) is 41.2. The average molecular weight is 682 g/mol. The second-order valence-electron chi connectivity index (χ2n) is 8.19. The van der Waals surface area contributed by atoms with Gasteiger partial charge in [-0.2, -0.15) is 0 Å². The van der Waals surface area contributed by atoms with Gasteiger partial charge >= 0.3 is 0 Å². The van der Waals surface area contributed by atoms with Crippen molar-refractivity contribution in [3.8, 4) is 11.5 Å². The van der Waals surface area contributed by atoms with Crippen LogP contribution in [-0.2, 0) is 21.1 Å². The van der Waals surface area contributed by atoms with E-state index in [1.807, 2.05) is 36.4 Å². The van der Waals surface area contributed by atoms with Gasteiger partial charge in [0, 0.05) is 21.1 Å². The number of rotatable bonds is 4. The second kappa shape index (κ2) is 19.4. The predicted octanol–water partition coefficient (Wildman–Crippen LogP) is -4.71. The molecule has 7 heteroatoms. The summed E-state index contributed by atoms with van der Waals surface area (Å²) in [4.78, 5) is 0. The third kappa shape index (κ3) is 12.1. The monoisotopic (exact) mass is 680 g/mol. The molecule has 2 nitrogen and oxygen atoms in total. The minimum absolute atomic E-state index is 0. The van der Waals surface area contributed by atoms with Gasteiger partial charge < -0.3 is 59.8 Å². The number of halogens is 4. The van der Waals surface area contributed by atoms with Crippen LogP contribution in [0.1, 0.15) is 101 Å². The van der Waals surface area contributed by atoms with E-state index in [1.54, 1.807) is 0 Å². The van der Waals surface area contributed by atoms with E-state index in [-0.39, 0.29) is 70.7 Å². The van der Waals surface area contributed by atoms with Crippen LogP contribution in [0.2, 0.25) is 0 Å². The molecule has 0 heterocycles. The van der Waals surface area contributed by atoms with Crippen LogP contribution in [0.5, 0.6) is 11.5 Å². The molecule has 0 aliphatic rings. The molecule has 0 atom stereocenters. The van der Waals surface area contributed by atoms with E-state index in [2.05, 4.69) is 55.4 Å². The molecular formula is C24H36Cl4O2W-4. The molecule has 0 spiro atoms. The summed E-state index contributed by atoms with van der Waals surface area (Å²) in [6, 6.07) is 12.0. The molecule has 182 valence electrons. The van der Waals surface area contributed by atoms with E-state index < -0.39 is 0 Å². The quantitative estimate of drug-likeness (QED) is 0.341. The van der Waals surface area contributed by atoms with Crippen molar-refractivity contribution in [2.75, 3.05) is 0 Å². The summed E-state index contributed by atoms with van der Waals surface area (Å²) in [7, 11) is 0. The van der Waals surface area contributed by atoms with Gasteiger partial charge in [-0.25, -0.2) is 0 Å². The van der Waals surface area contributed by atoms with E-state index in [0.717, 1.165) is 22.3 Å². The SMILES string of the molecule is CC(C)c1cccc(C(C)C)c1O.CC(C)c1cccc(C(C)C)c1O.[Cl-].[Cl-].[Cl-].[Cl-].[W]. The van der Waals surface area contributed by atoms with Crippen LogP contribution in [0, 0.1) is 0 Å². The molecule has 0 radical (unpaired) electrons. The fraction of sp³-hybridized carbons (Fsp3) is 0.500. The maximum absolute atomic E-state index is 9.93. The van der Waals surface area contributed by atoms with Gasteiger partial charge in [-0.15, -0.1) is 0 Å². The molecule has 0 unspecified atom stereocenters. The summed E-state index contributed by atoms with van der Waals surface area (Å²) in [6.45, 7) is 16.8. The number of phenols is 2. The van der Waals surface area contributed by atoms with Crippen molar-refractivity contribution < 1.29 is 80.9 Å². The fourth-order valence-corrected chi connectivity index (χ4v) is 3.02. The summed E-state index contributed by atoms with van der Waals surface area (Å²) >= 11 is 0.